The van der Waals surface area contributed by atoms with Crippen LogP contribution in [0.5, 0.6) is 0 Å². The Morgan fingerprint density at radius 1 is 1.32 bits per heavy atom. The van der Waals surface area contributed by atoms with Crippen LogP contribution in [0.4, 0.5) is 0 Å². The smallest absolute Gasteiger partial charge is 0.226 e. The Balaban J connectivity index is 0.00000144. The molecule has 1 atom stereocenters. The van der Waals surface area contributed by atoms with E-state index in [1.165, 1.54) is 30.5 Å². The van der Waals surface area contributed by atoms with Crippen LogP contribution in [-0.2, 0) is 17.6 Å². The number of H-pyrrole nitrogens is 1. The zero-order valence-electron chi connectivity index (χ0n) is 12.9. The molecule has 22 heavy (non-hydrogen) atoms. The van der Waals surface area contributed by atoms with E-state index in [-0.39, 0.29) is 18.3 Å². The number of rotatable bonds is 1. The maximum Gasteiger partial charge on any atom is 0.226 e. The lowest BCUT2D eigenvalue weighted by Crippen LogP contribution is -2.46. The number of hydrogen-bond donors (Lipinski definition) is 2. The number of aromatic nitrogens is 2. The van der Waals surface area contributed by atoms with E-state index in [0.29, 0.717) is 11.3 Å². The number of aryl methyl sites for hydroxylation is 1. The number of nitrogens with zero attached hydrogens (tertiary/aromatic N) is 2. The minimum absolute atomic E-state index is 0. The molecule has 0 aromatic carbocycles. The quantitative estimate of drug-likeness (QED) is 0.823. The van der Waals surface area contributed by atoms with Gasteiger partial charge in [0, 0.05) is 37.7 Å². The molecular formula is C16H25ClN4O. The third kappa shape index (κ3) is 2.76. The molecule has 122 valence electrons. The van der Waals surface area contributed by atoms with Crippen LogP contribution in [0.3, 0.4) is 0 Å². The lowest BCUT2D eigenvalue weighted by atomic mass is 9.77. The largest absolute Gasteiger partial charge is 0.342 e. The number of piperidine rings is 1. The molecule has 1 amide bonds. The van der Waals surface area contributed by atoms with Gasteiger partial charge in [-0.2, -0.15) is 5.10 Å². The van der Waals surface area contributed by atoms with Gasteiger partial charge in [0.1, 0.15) is 0 Å². The van der Waals surface area contributed by atoms with Crippen LogP contribution in [-0.4, -0.2) is 47.2 Å². The molecule has 0 bridgehead atoms. The molecular weight excluding hydrogens is 300 g/mol. The molecule has 3 aliphatic rings. The second kappa shape index (κ2) is 6.20. The third-order valence-corrected chi connectivity index (χ3v) is 5.84. The summed E-state index contributed by atoms with van der Waals surface area (Å²) in [6, 6.07) is 0. The lowest BCUT2D eigenvalue weighted by Gasteiger charge is -2.40. The summed E-state index contributed by atoms with van der Waals surface area (Å²) in [4.78, 5) is 14.9. The van der Waals surface area contributed by atoms with E-state index in [4.69, 9.17) is 0 Å². The summed E-state index contributed by atoms with van der Waals surface area (Å²) in [5, 5.41) is 10.6. The first-order valence-corrected chi connectivity index (χ1v) is 8.26. The first-order valence-electron chi connectivity index (χ1n) is 8.26. The number of nitrogens with one attached hydrogen (secondary N) is 2. The van der Waals surface area contributed by atoms with E-state index in [1.54, 1.807) is 0 Å². The van der Waals surface area contributed by atoms with Crippen LogP contribution in [0, 0.1) is 11.3 Å². The topological polar surface area (TPSA) is 61.0 Å². The Hall–Kier alpha value is -1.07. The van der Waals surface area contributed by atoms with Crippen LogP contribution in [0.25, 0.3) is 0 Å². The number of fused-ring (bicyclic) bond motifs is 1. The second-order valence-corrected chi connectivity index (χ2v) is 7.07. The Kier molecular flexibility index (Phi) is 4.46. The molecule has 6 heteroatoms. The van der Waals surface area contributed by atoms with E-state index in [2.05, 4.69) is 20.4 Å². The van der Waals surface area contributed by atoms with Crippen molar-refractivity contribution in [2.24, 2.45) is 11.3 Å². The Morgan fingerprint density at radius 2 is 2.14 bits per heavy atom. The van der Waals surface area contributed by atoms with Crippen molar-refractivity contribution in [3.05, 3.63) is 17.5 Å². The van der Waals surface area contributed by atoms with Crippen LogP contribution in [0.2, 0.25) is 0 Å². The van der Waals surface area contributed by atoms with Gasteiger partial charge in [-0.1, -0.05) is 0 Å². The highest BCUT2D eigenvalue weighted by atomic mass is 35.5. The fraction of sp³-hybridized carbons (Fsp3) is 0.750. The summed E-state index contributed by atoms with van der Waals surface area (Å²) in [7, 11) is 0. The zero-order chi connectivity index (χ0) is 14.3. The Morgan fingerprint density at radius 3 is 2.86 bits per heavy atom. The minimum atomic E-state index is 0. The monoisotopic (exact) mass is 324 g/mol. The van der Waals surface area contributed by atoms with Crippen molar-refractivity contribution in [1.29, 1.82) is 0 Å². The van der Waals surface area contributed by atoms with Crippen LogP contribution < -0.4 is 5.32 Å². The number of carbonyl (C=O) groups is 1. The molecule has 1 aliphatic carbocycles. The van der Waals surface area contributed by atoms with Gasteiger partial charge in [-0.15, -0.1) is 12.4 Å². The molecule has 0 radical (unpaired) electrons. The summed E-state index contributed by atoms with van der Waals surface area (Å²) >= 11 is 0. The maximum absolute atomic E-state index is 12.8. The third-order valence-electron chi connectivity index (χ3n) is 5.84. The van der Waals surface area contributed by atoms with Crippen molar-refractivity contribution in [3.63, 3.8) is 0 Å². The van der Waals surface area contributed by atoms with Gasteiger partial charge in [0.15, 0.2) is 0 Å². The lowest BCUT2D eigenvalue weighted by molar-refractivity contribution is -0.138. The molecule has 5 nitrogen and oxygen atoms in total. The highest BCUT2D eigenvalue weighted by Crippen LogP contribution is 2.37. The van der Waals surface area contributed by atoms with Gasteiger partial charge in [0.25, 0.3) is 0 Å². The van der Waals surface area contributed by atoms with Crippen LogP contribution in [0.1, 0.15) is 36.9 Å². The number of hydrogen-bond acceptors (Lipinski definition) is 3. The fourth-order valence-electron chi connectivity index (χ4n) is 4.30. The van der Waals surface area contributed by atoms with Gasteiger partial charge in [0.05, 0.1) is 6.20 Å². The standard InChI is InChI=1S/C16H24N4O.ClH/c21-15(12-1-2-13-10-18-19-14(13)9-12)20-7-4-16(5-8-20)3-6-17-11-16;/h10,12,17H,1-9,11H2,(H,18,19);1H. The normalized spacial score (nSPS) is 26.5. The fourth-order valence-corrected chi connectivity index (χ4v) is 4.30. The van der Waals surface area contributed by atoms with Crippen molar-refractivity contribution in [2.45, 2.75) is 38.5 Å². The maximum atomic E-state index is 12.8. The molecule has 2 N–H and O–H groups in total. The van der Waals surface area contributed by atoms with E-state index >= 15 is 0 Å². The summed E-state index contributed by atoms with van der Waals surface area (Å²) in [5.41, 5.74) is 2.96. The minimum Gasteiger partial charge on any atom is -0.342 e. The first kappa shape index (κ1) is 15.8. The van der Waals surface area contributed by atoms with E-state index in [1.807, 2.05) is 6.20 Å². The van der Waals surface area contributed by atoms with Crippen molar-refractivity contribution in [3.8, 4) is 0 Å². The van der Waals surface area contributed by atoms with Gasteiger partial charge in [-0.25, -0.2) is 0 Å². The predicted octanol–water partition coefficient (Wildman–Crippen LogP) is 1.54. The summed E-state index contributed by atoms with van der Waals surface area (Å²) < 4.78 is 0. The van der Waals surface area contributed by atoms with E-state index in [0.717, 1.165) is 45.4 Å². The Labute approximate surface area is 137 Å². The second-order valence-electron chi connectivity index (χ2n) is 7.07. The molecule has 0 saturated carbocycles. The zero-order valence-corrected chi connectivity index (χ0v) is 13.8. The predicted molar refractivity (Wildman–Crippen MR) is 87.1 cm³/mol. The molecule has 4 rings (SSSR count). The highest BCUT2D eigenvalue weighted by molar-refractivity contribution is 5.85. The summed E-state index contributed by atoms with van der Waals surface area (Å²) in [6.45, 7) is 4.20. The van der Waals surface area contributed by atoms with Gasteiger partial charge in [0.2, 0.25) is 5.91 Å². The van der Waals surface area contributed by atoms with Crippen molar-refractivity contribution in [2.75, 3.05) is 26.2 Å². The molecule has 1 aromatic rings. The summed E-state index contributed by atoms with van der Waals surface area (Å²) in [5.74, 6) is 0.532. The van der Waals surface area contributed by atoms with Crippen LogP contribution >= 0.6 is 12.4 Å². The van der Waals surface area contributed by atoms with Crippen molar-refractivity contribution in [1.82, 2.24) is 20.4 Å². The number of likely N-dealkylation sites (tertiary alicyclic amines) is 1. The molecule has 3 heterocycles. The molecule has 1 aromatic heterocycles. The molecule has 2 aliphatic heterocycles. The van der Waals surface area contributed by atoms with Gasteiger partial charge in [-0.3, -0.25) is 9.89 Å². The summed E-state index contributed by atoms with van der Waals surface area (Å²) in [6.07, 6.45) is 8.36. The first-order chi connectivity index (χ1) is 10.3. The SMILES string of the molecule is Cl.O=C(C1CCc2cn[nH]c2C1)N1CCC2(CCNC2)CC1. The van der Waals surface area contributed by atoms with Gasteiger partial charge >= 0.3 is 0 Å². The average molecular weight is 325 g/mol. The molecule has 2 saturated heterocycles. The molecule has 1 unspecified atom stereocenters. The number of halogens is 1. The number of carbonyl (C=O) groups excluding carboxylic acids is 1. The van der Waals surface area contributed by atoms with E-state index < -0.39 is 0 Å². The molecule has 2 fully saturated rings. The Bertz CT molecular complexity index is 528. The van der Waals surface area contributed by atoms with Gasteiger partial charge < -0.3 is 10.2 Å². The van der Waals surface area contributed by atoms with Crippen molar-refractivity contribution >= 4 is 18.3 Å². The van der Waals surface area contributed by atoms with E-state index in [9.17, 15) is 4.79 Å². The average Bonchev–Trinajstić information content (AvgIpc) is 3.16. The van der Waals surface area contributed by atoms with Crippen LogP contribution in [0.15, 0.2) is 6.20 Å². The van der Waals surface area contributed by atoms with Crippen molar-refractivity contribution < 1.29 is 4.79 Å². The highest BCUT2D eigenvalue weighted by Gasteiger charge is 2.39. The number of aromatic amines is 1. The molecule has 1 spiro atoms. The number of amides is 1. The van der Waals surface area contributed by atoms with Gasteiger partial charge in [-0.05, 0) is 49.6 Å².